The summed E-state index contributed by atoms with van der Waals surface area (Å²) in [5, 5.41) is 15.4. The first-order valence-electron chi connectivity index (χ1n) is 11.0. The lowest BCUT2D eigenvalue weighted by Crippen LogP contribution is -2.42. The van der Waals surface area contributed by atoms with Crippen molar-refractivity contribution in [3.8, 4) is 6.07 Å². The number of benzene rings is 1. The molecule has 33 heavy (non-hydrogen) atoms. The SMILES string of the molecule is C=CC(=O)Nc1ccc2c(c1)C(=O)N([C@H]1CCC[C@@H](Nc3ncc(C#N)c(N(C)C)n3)C1)C2. The molecule has 1 aliphatic heterocycles. The van der Waals surface area contributed by atoms with Crippen molar-refractivity contribution in [2.75, 3.05) is 29.6 Å². The van der Waals surface area contributed by atoms with Gasteiger partial charge in [0.25, 0.3) is 5.91 Å². The zero-order valence-corrected chi connectivity index (χ0v) is 18.8. The van der Waals surface area contributed by atoms with Gasteiger partial charge in [0.1, 0.15) is 11.6 Å². The maximum Gasteiger partial charge on any atom is 0.254 e. The van der Waals surface area contributed by atoms with Crippen molar-refractivity contribution in [1.82, 2.24) is 14.9 Å². The molecule has 0 unspecified atom stereocenters. The van der Waals surface area contributed by atoms with Crippen LogP contribution in [0.25, 0.3) is 0 Å². The highest BCUT2D eigenvalue weighted by atomic mass is 16.2. The van der Waals surface area contributed by atoms with Gasteiger partial charge in [0.15, 0.2) is 5.82 Å². The first kappa shape index (κ1) is 22.3. The van der Waals surface area contributed by atoms with Gasteiger partial charge in [-0.1, -0.05) is 12.6 Å². The third-order valence-electron chi connectivity index (χ3n) is 6.13. The van der Waals surface area contributed by atoms with Gasteiger partial charge in [-0.3, -0.25) is 9.59 Å². The van der Waals surface area contributed by atoms with Gasteiger partial charge in [0.2, 0.25) is 11.9 Å². The summed E-state index contributed by atoms with van der Waals surface area (Å²) in [6.07, 6.45) is 6.42. The van der Waals surface area contributed by atoms with Crippen LogP contribution in [0.4, 0.5) is 17.5 Å². The predicted molar refractivity (Wildman–Crippen MR) is 126 cm³/mol. The molecule has 2 heterocycles. The van der Waals surface area contributed by atoms with Crippen molar-refractivity contribution in [2.45, 2.75) is 44.3 Å². The molecule has 1 aliphatic carbocycles. The number of nitrogens with zero attached hydrogens (tertiary/aromatic N) is 5. The molecule has 2 aromatic rings. The molecule has 1 fully saturated rings. The molecule has 2 N–H and O–H groups in total. The van der Waals surface area contributed by atoms with E-state index < -0.39 is 0 Å². The third kappa shape index (κ3) is 4.65. The normalized spacial score (nSPS) is 19.4. The summed E-state index contributed by atoms with van der Waals surface area (Å²) >= 11 is 0. The lowest BCUT2D eigenvalue weighted by Gasteiger charge is -2.35. The Morgan fingerprint density at radius 2 is 2.18 bits per heavy atom. The van der Waals surface area contributed by atoms with Crippen LogP contribution in [0.2, 0.25) is 0 Å². The van der Waals surface area contributed by atoms with E-state index in [0.29, 0.717) is 35.1 Å². The second-order valence-corrected chi connectivity index (χ2v) is 8.60. The molecule has 2 atom stereocenters. The minimum absolute atomic E-state index is 0.00475. The van der Waals surface area contributed by atoms with Crippen LogP contribution in [0.3, 0.4) is 0 Å². The Balaban J connectivity index is 1.45. The molecule has 2 aliphatic rings. The van der Waals surface area contributed by atoms with Crippen LogP contribution in [0.5, 0.6) is 0 Å². The number of nitrogens with one attached hydrogen (secondary N) is 2. The van der Waals surface area contributed by atoms with E-state index in [1.165, 1.54) is 12.3 Å². The number of hydrogen-bond donors (Lipinski definition) is 2. The number of fused-ring (bicyclic) bond motifs is 1. The predicted octanol–water partition coefficient (Wildman–Crippen LogP) is 2.92. The summed E-state index contributed by atoms with van der Waals surface area (Å²) in [7, 11) is 3.68. The number of carbonyl (C=O) groups is 2. The Labute approximate surface area is 193 Å². The topological polar surface area (TPSA) is 114 Å². The molecule has 1 saturated carbocycles. The largest absolute Gasteiger partial charge is 0.361 e. The van der Waals surface area contributed by atoms with Crippen LogP contribution >= 0.6 is 0 Å². The first-order valence-corrected chi connectivity index (χ1v) is 11.0. The van der Waals surface area contributed by atoms with Gasteiger partial charge in [-0.2, -0.15) is 10.2 Å². The number of hydrogen-bond acceptors (Lipinski definition) is 7. The standard InChI is InChI=1S/C24H27N7O2/c1-4-21(32)27-18-9-8-15-14-31(23(33)20(15)11-18)19-7-5-6-17(10-19)28-24-26-13-16(12-25)22(29-24)30(2)3/h4,8-9,11,13,17,19H,1,5-7,10,14H2,2-3H3,(H,27,32)(H,26,28,29)/t17-,19+/m1/s1. The summed E-state index contributed by atoms with van der Waals surface area (Å²) < 4.78 is 0. The molecular weight excluding hydrogens is 418 g/mol. The molecular formula is C24H27N7O2. The molecule has 1 aromatic heterocycles. The second kappa shape index (κ2) is 9.28. The zero-order chi connectivity index (χ0) is 23.5. The fraction of sp³-hybridized carbons (Fsp3) is 0.375. The minimum Gasteiger partial charge on any atom is -0.361 e. The number of anilines is 3. The molecule has 0 bridgehead atoms. The monoisotopic (exact) mass is 445 g/mol. The van der Waals surface area contributed by atoms with E-state index in [0.717, 1.165) is 31.2 Å². The molecule has 0 saturated heterocycles. The lowest BCUT2D eigenvalue weighted by molar-refractivity contribution is -0.111. The molecule has 0 spiro atoms. The van der Waals surface area contributed by atoms with Crippen molar-refractivity contribution in [1.29, 1.82) is 5.26 Å². The zero-order valence-electron chi connectivity index (χ0n) is 18.8. The highest BCUT2D eigenvalue weighted by molar-refractivity contribution is 6.02. The van der Waals surface area contributed by atoms with Crippen LogP contribution < -0.4 is 15.5 Å². The number of amides is 2. The molecule has 9 heteroatoms. The Bertz CT molecular complexity index is 1140. The van der Waals surface area contributed by atoms with Crippen LogP contribution in [-0.2, 0) is 11.3 Å². The summed E-state index contributed by atoms with van der Waals surface area (Å²) in [6, 6.07) is 7.81. The fourth-order valence-electron chi connectivity index (χ4n) is 4.51. The Kier molecular flexibility index (Phi) is 6.27. The van der Waals surface area contributed by atoms with Gasteiger partial charge in [-0.25, -0.2) is 4.98 Å². The summed E-state index contributed by atoms with van der Waals surface area (Å²) in [5.41, 5.74) is 2.62. The van der Waals surface area contributed by atoms with Crippen LogP contribution in [0, 0.1) is 11.3 Å². The minimum atomic E-state index is -0.305. The molecule has 4 rings (SSSR count). The Hall–Kier alpha value is -3.93. The number of rotatable bonds is 6. The average molecular weight is 446 g/mol. The van der Waals surface area contributed by atoms with Crippen molar-refractivity contribution < 1.29 is 9.59 Å². The Morgan fingerprint density at radius 3 is 2.91 bits per heavy atom. The fourth-order valence-corrected chi connectivity index (χ4v) is 4.51. The summed E-state index contributed by atoms with van der Waals surface area (Å²) in [4.78, 5) is 37.3. The summed E-state index contributed by atoms with van der Waals surface area (Å²) in [5.74, 6) is 0.754. The van der Waals surface area contributed by atoms with E-state index >= 15 is 0 Å². The Morgan fingerprint density at radius 1 is 1.36 bits per heavy atom. The molecule has 170 valence electrons. The van der Waals surface area contributed by atoms with Gasteiger partial charge >= 0.3 is 0 Å². The van der Waals surface area contributed by atoms with Crippen molar-refractivity contribution >= 4 is 29.3 Å². The van der Waals surface area contributed by atoms with E-state index in [-0.39, 0.29) is 23.9 Å². The molecule has 9 nitrogen and oxygen atoms in total. The molecule has 2 amide bonds. The highest BCUT2D eigenvalue weighted by Crippen LogP contribution is 2.33. The van der Waals surface area contributed by atoms with E-state index in [1.807, 2.05) is 31.1 Å². The maximum atomic E-state index is 13.2. The van der Waals surface area contributed by atoms with Gasteiger partial charge in [-0.15, -0.1) is 0 Å². The number of carbonyl (C=O) groups excluding carboxylic acids is 2. The lowest BCUT2D eigenvalue weighted by atomic mass is 9.90. The van der Waals surface area contributed by atoms with Crippen molar-refractivity contribution in [3.63, 3.8) is 0 Å². The quantitative estimate of drug-likeness (QED) is 0.657. The number of nitriles is 1. The van der Waals surface area contributed by atoms with Gasteiger partial charge in [0, 0.05) is 44.0 Å². The second-order valence-electron chi connectivity index (χ2n) is 8.60. The third-order valence-corrected chi connectivity index (χ3v) is 6.13. The molecule has 1 aromatic carbocycles. The summed E-state index contributed by atoms with van der Waals surface area (Å²) in [6.45, 7) is 4.03. The van der Waals surface area contributed by atoms with Gasteiger partial charge in [0.05, 0.1) is 6.20 Å². The van der Waals surface area contributed by atoms with E-state index in [4.69, 9.17) is 0 Å². The van der Waals surface area contributed by atoms with Gasteiger partial charge < -0.3 is 20.4 Å². The highest BCUT2D eigenvalue weighted by Gasteiger charge is 2.35. The molecule has 0 radical (unpaired) electrons. The van der Waals surface area contributed by atoms with E-state index in [9.17, 15) is 14.9 Å². The van der Waals surface area contributed by atoms with E-state index in [2.05, 4.69) is 33.2 Å². The smallest absolute Gasteiger partial charge is 0.254 e. The number of aromatic nitrogens is 2. The van der Waals surface area contributed by atoms with Crippen LogP contribution in [-0.4, -0.2) is 52.9 Å². The van der Waals surface area contributed by atoms with Crippen molar-refractivity contribution in [2.24, 2.45) is 0 Å². The van der Waals surface area contributed by atoms with Crippen LogP contribution in [0.1, 0.15) is 47.2 Å². The van der Waals surface area contributed by atoms with Gasteiger partial charge in [-0.05, 0) is 49.5 Å². The first-order chi connectivity index (χ1) is 15.9. The van der Waals surface area contributed by atoms with E-state index in [1.54, 1.807) is 11.0 Å². The van der Waals surface area contributed by atoms with Crippen LogP contribution in [0.15, 0.2) is 37.1 Å². The van der Waals surface area contributed by atoms with Crippen molar-refractivity contribution in [3.05, 3.63) is 53.7 Å². The maximum absolute atomic E-state index is 13.2. The average Bonchev–Trinajstić information content (AvgIpc) is 3.15.